The average molecular weight is 364 g/mol. The highest BCUT2D eigenvalue weighted by Crippen LogP contribution is 2.35. The van der Waals surface area contributed by atoms with E-state index in [4.69, 9.17) is 9.15 Å². The number of aryl methyl sites for hydroxylation is 1. The van der Waals surface area contributed by atoms with Crippen LogP contribution in [-0.2, 0) is 16.1 Å². The number of hydrogen-bond donors (Lipinski definition) is 2. The highest BCUT2D eigenvalue weighted by Gasteiger charge is 2.31. The van der Waals surface area contributed by atoms with Crippen LogP contribution in [0.15, 0.2) is 46.9 Å². The maximum absolute atomic E-state index is 12.8. The van der Waals surface area contributed by atoms with Crippen molar-refractivity contribution in [1.29, 1.82) is 0 Å². The SMILES string of the molecule is COc1ccc2c(c1)[C@@H](C(=O)NCc1oc3ccccc3c1C)CC(=O)N2. The highest BCUT2D eigenvalue weighted by molar-refractivity contribution is 6.01. The molecule has 0 bridgehead atoms. The number of ether oxygens (including phenoxy) is 1. The van der Waals surface area contributed by atoms with Crippen LogP contribution in [0.25, 0.3) is 11.0 Å². The molecule has 0 saturated heterocycles. The summed E-state index contributed by atoms with van der Waals surface area (Å²) in [6.07, 6.45) is 0.102. The van der Waals surface area contributed by atoms with Crippen LogP contribution in [0.5, 0.6) is 5.75 Å². The molecule has 0 spiro atoms. The summed E-state index contributed by atoms with van der Waals surface area (Å²) in [6.45, 7) is 2.25. The molecule has 3 aromatic rings. The molecule has 2 heterocycles. The lowest BCUT2D eigenvalue weighted by atomic mass is 9.89. The second-order valence-corrected chi connectivity index (χ2v) is 6.62. The fourth-order valence-corrected chi connectivity index (χ4v) is 3.48. The molecule has 0 saturated carbocycles. The predicted octanol–water partition coefficient (Wildman–Crippen LogP) is 3.49. The average Bonchev–Trinajstić information content (AvgIpc) is 3.01. The Hall–Kier alpha value is -3.28. The third-order valence-corrected chi connectivity index (χ3v) is 4.98. The zero-order chi connectivity index (χ0) is 19.0. The van der Waals surface area contributed by atoms with Gasteiger partial charge in [0.1, 0.15) is 17.1 Å². The minimum atomic E-state index is -0.562. The Bertz CT molecular complexity index is 1040. The Morgan fingerprint density at radius 1 is 1.30 bits per heavy atom. The van der Waals surface area contributed by atoms with Crippen LogP contribution in [0.3, 0.4) is 0 Å². The fourth-order valence-electron chi connectivity index (χ4n) is 3.48. The summed E-state index contributed by atoms with van der Waals surface area (Å²) in [5.41, 5.74) is 3.21. The molecule has 4 rings (SSSR count). The molecule has 1 aliphatic rings. The number of rotatable bonds is 4. The molecule has 27 heavy (non-hydrogen) atoms. The number of carbonyl (C=O) groups excluding carboxylic acids is 2. The summed E-state index contributed by atoms with van der Waals surface area (Å²) in [7, 11) is 1.57. The van der Waals surface area contributed by atoms with Gasteiger partial charge in [0.2, 0.25) is 11.8 Å². The van der Waals surface area contributed by atoms with Gasteiger partial charge in [0.25, 0.3) is 0 Å². The van der Waals surface area contributed by atoms with Gasteiger partial charge in [0.05, 0.1) is 19.6 Å². The smallest absolute Gasteiger partial charge is 0.228 e. The first kappa shape index (κ1) is 17.1. The lowest BCUT2D eigenvalue weighted by Gasteiger charge is -2.25. The van der Waals surface area contributed by atoms with Crippen molar-refractivity contribution in [2.24, 2.45) is 0 Å². The molecule has 0 radical (unpaired) electrons. The third-order valence-electron chi connectivity index (χ3n) is 4.98. The molecular formula is C21H20N2O4. The summed E-state index contributed by atoms with van der Waals surface area (Å²) in [5, 5.41) is 6.76. The van der Waals surface area contributed by atoms with Crippen molar-refractivity contribution in [3.63, 3.8) is 0 Å². The predicted molar refractivity (Wildman–Crippen MR) is 102 cm³/mol. The van der Waals surface area contributed by atoms with Gasteiger partial charge in [-0.05, 0) is 36.8 Å². The number of carbonyl (C=O) groups is 2. The molecular weight excluding hydrogens is 344 g/mol. The number of fused-ring (bicyclic) bond motifs is 2. The van der Waals surface area contributed by atoms with Crippen molar-refractivity contribution < 1.29 is 18.7 Å². The van der Waals surface area contributed by atoms with Crippen LogP contribution < -0.4 is 15.4 Å². The van der Waals surface area contributed by atoms with E-state index < -0.39 is 5.92 Å². The maximum atomic E-state index is 12.8. The number of hydrogen-bond acceptors (Lipinski definition) is 4. The molecule has 6 heteroatoms. The summed E-state index contributed by atoms with van der Waals surface area (Å²) >= 11 is 0. The van der Waals surface area contributed by atoms with E-state index in [1.165, 1.54) is 0 Å². The molecule has 2 aromatic carbocycles. The normalized spacial score (nSPS) is 15.9. The number of furan rings is 1. The van der Waals surface area contributed by atoms with Crippen molar-refractivity contribution >= 4 is 28.5 Å². The van der Waals surface area contributed by atoms with Gasteiger partial charge < -0.3 is 19.8 Å². The molecule has 1 atom stereocenters. The Morgan fingerprint density at radius 3 is 2.89 bits per heavy atom. The van der Waals surface area contributed by atoms with E-state index in [1.54, 1.807) is 25.3 Å². The fraction of sp³-hybridized carbons (Fsp3) is 0.238. The topological polar surface area (TPSA) is 80.6 Å². The first-order chi connectivity index (χ1) is 13.1. The van der Waals surface area contributed by atoms with Gasteiger partial charge in [-0.2, -0.15) is 0 Å². The van der Waals surface area contributed by atoms with Gasteiger partial charge in [0.15, 0.2) is 0 Å². The molecule has 0 fully saturated rings. The first-order valence-electron chi connectivity index (χ1n) is 8.79. The third kappa shape index (κ3) is 3.14. The highest BCUT2D eigenvalue weighted by atomic mass is 16.5. The van der Waals surface area contributed by atoms with Gasteiger partial charge in [-0.1, -0.05) is 18.2 Å². The Morgan fingerprint density at radius 2 is 2.11 bits per heavy atom. The van der Waals surface area contributed by atoms with E-state index in [0.29, 0.717) is 11.4 Å². The van der Waals surface area contributed by atoms with Crippen molar-refractivity contribution in [3.8, 4) is 5.75 Å². The standard InChI is InChI=1S/C21H20N2O4/c1-12-14-5-3-4-6-18(14)27-19(12)11-22-21(25)16-10-20(24)23-17-8-7-13(26-2)9-15(16)17/h3-9,16H,10-11H2,1-2H3,(H,22,25)(H,23,24)/t16-/m0/s1. The summed E-state index contributed by atoms with van der Waals surface area (Å²) in [4.78, 5) is 24.8. The molecule has 138 valence electrons. The van der Waals surface area contributed by atoms with Crippen molar-refractivity contribution in [2.75, 3.05) is 12.4 Å². The lowest BCUT2D eigenvalue weighted by molar-refractivity contribution is -0.126. The number of methoxy groups -OCH3 is 1. The lowest BCUT2D eigenvalue weighted by Crippen LogP contribution is -2.34. The largest absolute Gasteiger partial charge is 0.497 e. The molecule has 0 unspecified atom stereocenters. The van der Waals surface area contributed by atoms with E-state index in [0.717, 1.165) is 27.9 Å². The van der Waals surface area contributed by atoms with Crippen LogP contribution in [0, 0.1) is 6.92 Å². The quantitative estimate of drug-likeness (QED) is 0.743. The summed E-state index contributed by atoms with van der Waals surface area (Å²) in [6, 6.07) is 13.1. The molecule has 0 aliphatic carbocycles. The van der Waals surface area contributed by atoms with E-state index in [9.17, 15) is 9.59 Å². The van der Waals surface area contributed by atoms with Crippen LogP contribution in [0.1, 0.15) is 29.2 Å². The Labute approximate surface area is 156 Å². The van der Waals surface area contributed by atoms with Gasteiger partial charge in [-0.15, -0.1) is 0 Å². The van der Waals surface area contributed by atoms with Crippen molar-refractivity contribution in [3.05, 3.63) is 59.4 Å². The monoisotopic (exact) mass is 364 g/mol. The van der Waals surface area contributed by atoms with E-state index in [1.807, 2.05) is 31.2 Å². The van der Waals surface area contributed by atoms with Crippen molar-refractivity contribution in [1.82, 2.24) is 5.32 Å². The van der Waals surface area contributed by atoms with Gasteiger partial charge in [0, 0.05) is 23.1 Å². The molecule has 2 N–H and O–H groups in total. The second-order valence-electron chi connectivity index (χ2n) is 6.62. The zero-order valence-electron chi connectivity index (χ0n) is 15.2. The Kier molecular flexibility index (Phi) is 4.32. The van der Waals surface area contributed by atoms with Gasteiger partial charge >= 0.3 is 0 Å². The van der Waals surface area contributed by atoms with E-state index >= 15 is 0 Å². The number of amides is 2. The maximum Gasteiger partial charge on any atom is 0.228 e. The van der Waals surface area contributed by atoms with E-state index in [-0.39, 0.29) is 24.8 Å². The molecule has 1 aliphatic heterocycles. The zero-order valence-corrected chi connectivity index (χ0v) is 15.2. The van der Waals surface area contributed by atoms with Crippen LogP contribution in [0.2, 0.25) is 0 Å². The molecule has 1 aromatic heterocycles. The number of anilines is 1. The number of para-hydroxylation sites is 1. The van der Waals surface area contributed by atoms with Crippen LogP contribution in [0.4, 0.5) is 5.69 Å². The molecule has 2 amide bonds. The van der Waals surface area contributed by atoms with E-state index in [2.05, 4.69) is 10.6 Å². The minimum Gasteiger partial charge on any atom is -0.497 e. The minimum absolute atomic E-state index is 0.102. The second kappa shape index (κ2) is 6.79. The van der Waals surface area contributed by atoms with Gasteiger partial charge in [-0.3, -0.25) is 9.59 Å². The number of benzene rings is 2. The number of nitrogens with one attached hydrogen (secondary N) is 2. The first-order valence-corrected chi connectivity index (χ1v) is 8.79. The summed E-state index contributed by atoms with van der Waals surface area (Å²) < 4.78 is 11.1. The van der Waals surface area contributed by atoms with Gasteiger partial charge in [-0.25, -0.2) is 0 Å². The van der Waals surface area contributed by atoms with Crippen LogP contribution in [-0.4, -0.2) is 18.9 Å². The summed E-state index contributed by atoms with van der Waals surface area (Å²) in [5.74, 6) is 0.423. The molecule has 6 nitrogen and oxygen atoms in total. The van der Waals surface area contributed by atoms with Crippen LogP contribution >= 0.6 is 0 Å². The Balaban J connectivity index is 1.56. The van der Waals surface area contributed by atoms with Crippen molar-refractivity contribution in [2.45, 2.75) is 25.8 Å².